The zero-order valence-electron chi connectivity index (χ0n) is 19.0. The summed E-state index contributed by atoms with van der Waals surface area (Å²) in [4.78, 5) is 0. The summed E-state index contributed by atoms with van der Waals surface area (Å²) in [5.74, 6) is 0. The van der Waals surface area contributed by atoms with Crippen LogP contribution in [0.3, 0.4) is 0 Å². The average Bonchev–Trinajstić information content (AvgIpc) is 2.63. The molecule has 0 bridgehead atoms. The first kappa shape index (κ1) is 29.1. The molecule has 0 N–H and O–H groups in total. The molecule has 2 heteroatoms. The molecule has 0 aromatic heterocycles. The number of hydrogen-bond donors (Lipinski definition) is 0. The van der Waals surface area contributed by atoms with Crippen molar-refractivity contribution in [2.45, 2.75) is 130 Å². The highest BCUT2D eigenvalue weighted by Crippen LogP contribution is 2.61. The lowest BCUT2D eigenvalue weighted by Crippen LogP contribution is -3.00. The van der Waals surface area contributed by atoms with Gasteiger partial charge < -0.3 is 17.0 Å². The normalized spacial score (nSPS) is 11.5. The van der Waals surface area contributed by atoms with Gasteiger partial charge in [-0.05, 0) is 51.4 Å². The molecule has 0 aromatic rings. The van der Waals surface area contributed by atoms with Gasteiger partial charge in [0.25, 0.3) is 0 Å². The zero-order valence-corrected chi connectivity index (χ0v) is 21.4. The van der Waals surface area contributed by atoms with Crippen LogP contribution in [0.4, 0.5) is 0 Å². The van der Waals surface area contributed by atoms with E-state index in [1.165, 1.54) is 103 Å². The molecule has 0 rings (SSSR count). The second kappa shape index (κ2) is 22.2. The van der Waals surface area contributed by atoms with Crippen molar-refractivity contribution in [1.29, 1.82) is 0 Å². The van der Waals surface area contributed by atoms with Gasteiger partial charge in [-0.15, -0.1) is 0 Å². The largest absolute Gasteiger partial charge is 1.00 e. The molecule has 0 nitrogen and oxygen atoms in total. The third-order valence-corrected chi connectivity index (χ3v) is 11.0. The summed E-state index contributed by atoms with van der Waals surface area (Å²) in [5, 5.41) is 0. The Bertz CT molecular complexity index is 201. The lowest BCUT2D eigenvalue weighted by Gasteiger charge is -2.28. The molecule has 160 valence electrons. The standard InChI is InChI=1S/C24H52P.BrH/c1-5-9-13-17-21-25(22-18-14-10-6-2,23-19-15-11-7-3)24-20-16-12-8-4;/h5-24H2,1-4H3;1H/q+1;/p-1. The molecule has 0 saturated heterocycles. The summed E-state index contributed by atoms with van der Waals surface area (Å²) in [6, 6.07) is 0. The van der Waals surface area contributed by atoms with E-state index in [1.54, 1.807) is 24.6 Å². The first-order valence-electron chi connectivity index (χ1n) is 12.1. The van der Waals surface area contributed by atoms with Crippen LogP contribution in [0, 0.1) is 0 Å². The molecule has 0 aromatic carbocycles. The summed E-state index contributed by atoms with van der Waals surface area (Å²) < 4.78 is 0. The monoisotopic (exact) mass is 450 g/mol. The molecule has 0 aliphatic rings. The van der Waals surface area contributed by atoms with Crippen molar-refractivity contribution < 1.29 is 17.0 Å². The first-order chi connectivity index (χ1) is 12.2. The minimum Gasteiger partial charge on any atom is -1.00 e. The molecule has 0 aliphatic carbocycles. The quantitative estimate of drug-likeness (QED) is 0.150. The number of unbranched alkanes of at least 4 members (excludes halogenated alkanes) is 12. The third kappa shape index (κ3) is 17.0. The Balaban J connectivity index is 0. The topological polar surface area (TPSA) is 0 Å². The van der Waals surface area contributed by atoms with Crippen molar-refractivity contribution in [1.82, 2.24) is 0 Å². The van der Waals surface area contributed by atoms with E-state index in [2.05, 4.69) is 27.7 Å². The summed E-state index contributed by atoms with van der Waals surface area (Å²) in [6.45, 7) is 9.40. The van der Waals surface area contributed by atoms with Gasteiger partial charge >= 0.3 is 0 Å². The summed E-state index contributed by atoms with van der Waals surface area (Å²) >= 11 is 0. The zero-order chi connectivity index (χ0) is 18.6. The van der Waals surface area contributed by atoms with E-state index in [0.29, 0.717) is 0 Å². The van der Waals surface area contributed by atoms with Gasteiger partial charge in [0, 0.05) is 7.26 Å². The van der Waals surface area contributed by atoms with E-state index >= 15 is 0 Å². The van der Waals surface area contributed by atoms with E-state index in [1.807, 2.05) is 0 Å². The Kier molecular flexibility index (Phi) is 24.9. The van der Waals surface area contributed by atoms with Gasteiger partial charge in [-0.1, -0.05) is 79.1 Å². The van der Waals surface area contributed by atoms with Crippen LogP contribution in [-0.4, -0.2) is 24.6 Å². The van der Waals surface area contributed by atoms with Crippen LogP contribution < -0.4 is 17.0 Å². The Morgan fingerprint density at radius 3 is 0.769 bits per heavy atom. The van der Waals surface area contributed by atoms with E-state index in [4.69, 9.17) is 0 Å². The first-order valence-corrected chi connectivity index (χ1v) is 14.6. The third-order valence-electron chi connectivity index (χ3n) is 5.94. The second-order valence-corrected chi connectivity index (χ2v) is 13.0. The fraction of sp³-hybridized carbons (Fsp3) is 1.00. The van der Waals surface area contributed by atoms with Gasteiger partial charge in [0.05, 0.1) is 24.6 Å². The van der Waals surface area contributed by atoms with Gasteiger partial charge in [0.15, 0.2) is 0 Å². The number of rotatable bonds is 20. The number of hydrogen-bond acceptors (Lipinski definition) is 0. The molecule has 0 unspecified atom stereocenters. The Hall–Kier alpha value is 0.910. The predicted molar refractivity (Wildman–Crippen MR) is 123 cm³/mol. The molecular formula is C24H52BrP. The van der Waals surface area contributed by atoms with Gasteiger partial charge in [0.1, 0.15) is 0 Å². The minimum absolute atomic E-state index is 0. The van der Waals surface area contributed by atoms with Gasteiger partial charge in [-0.25, -0.2) is 0 Å². The summed E-state index contributed by atoms with van der Waals surface area (Å²) in [5.41, 5.74) is 0. The van der Waals surface area contributed by atoms with Crippen LogP contribution in [0.5, 0.6) is 0 Å². The van der Waals surface area contributed by atoms with Crippen LogP contribution in [0.1, 0.15) is 130 Å². The molecule has 26 heavy (non-hydrogen) atoms. The fourth-order valence-electron chi connectivity index (χ4n) is 4.17. The van der Waals surface area contributed by atoms with Gasteiger partial charge in [-0.2, -0.15) is 0 Å². The Labute approximate surface area is 179 Å². The number of halogens is 1. The van der Waals surface area contributed by atoms with Crippen molar-refractivity contribution >= 4 is 7.26 Å². The van der Waals surface area contributed by atoms with Crippen LogP contribution in [-0.2, 0) is 0 Å². The van der Waals surface area contributed by atoms with Crippen molar-refractivity contribution in [3.8, 4) is 0 Å². The highest BCUT2D eigenvalue weighted by molar-refractivity contribution is 7.75. The van der Waals surface area contributed by atoms with Crippen LogP contribution in [0.15, 0.2) is 0 Å². The maximum Gasteiger partial charge on any atom is 0.0594 e. The van der Waals surface area contributed by atoms with E-state index in [9.17, 15) is 0 Å². The smallest absolute Gasteiger partial charge is 0.0594 e. The van der Waals surface area contributed by atoms with Crippen LogP contribution in [0.25, 0.3) is 0 Å². The maximum absolute atomic E-state index is 2.35. The maximum atomic E-state index is 2.35. The van der Waals surface area contributed by atoms with Crippen molar-refractivity contribution in [2.75, 3.05) is 24.6 Å². The molecule has 0 saturated carbocycles. The van der Waals surface area contributed by atoms with E-state index < -0.39 is 7.26 Å². The molecule has 0 aliphatic heterocycles. The lowest BCUT2D eigenvalue weighted by atomic mass is 10.2. The fourth-order valence-corrected chi connectivity index (χ4v) is 9.09. The Morgan fingerprint density at radius 1 is 0.346 bits per heavy atom. The molecular weight excluding hydrogens is 399 g/mol. The highest BCUT2D eigenvalue weighted by atomic mass is 79.9. The van der Waals surface area contributed by atoms with Gasteiger partial charge in [0.2, 0.25) is 0 Å². The molecule has 0 spiro atoms. The van der Waals surface area contributed by atoms with Crippen molar-refractivity contribution in [3.63, 3.8) is 0 Å². The highest BCUT2D eigenvalue weighted by Gasteiger charge is 2.34. The van der Waals surface area contributed by atoms with Crippen molar-refractivity contribution in [2.24, 2.45) is 0 Å². The summed E-state index contributed by atoms with van der Waals surface area (Å²) in [6.07, 6.45) is 30.1. The average molecular weight is 452 g/mol. The molecule has 0 radical (unpaired) electrons. The van der Waals surface area contributed by atoms with E-state index in [0.717, 1.165) is 0 Å². The minimum atomic E-state index is -0.657. The van der Waals surface area contributed by atoms with Crippen molar-refractivity contribution in [3.05, 3.63) is 0 Å². The van der Waals surface area contributed by atoms with E-state index in [-0.39, 0.29) is 17.0 Å². The molecule has 0 amide bonds. The van der Waals surface area contributed by atoms with Crippen LogP contribution in [0.2, 0.25) is 0 Å². The second-order valence-electron chi connectivity index (χ2n) is 8.48. The predicted octanol–water partition coefficient (Wildman–Crippen LogP) is 6.33. The van der Waals surface area contributed by atoms with Gasteiger partial charge in [-0.3, -0.25) is 0 Å². The molecule has 0 fully saturated rings. The summed E-state index contributed by atoms with van der Waals surface area (Å²) in [7, 11) is -0.657. The molecule has 0 atom stereocenters. The molecule has 0 heterocycles. The Morgan fingerprint density at radius 2 is 0.577 bits per heavy atom. The lowest BCUT2D eigenvalue weighted by molar-refractivity contribution is -0.00000580. The SMILES string of the molecule is CCCCCC[P+](CCCCCC)(CCCCCC)CCCCCC.[Br-]. The van der Waals surface area contributed by atoms with Crippen LogP contribution >= 0.6 is 7.26 Å².